The molecule has 0 fully saturated rings. The molecule has 124 valence electrons. The molecule has 1 aromatic carbocycles. The molecule has 0 bridgehead atoms. The van der Waals surface area contributed by atoms with Crippen molar-refractivity contribution in [2.45, 2.75) is 17.9 Å². The van der Waals surface area contributed by atoms with E-state index < -0.39 is 0 Å². The lowest BCUT2D eigenvalue weighted by atomic mass is 10.1. The van der Waals surface area contributed by atoms with Crippen LogP contribution in [0.1, 0.15) is 17.3 Å². The Labute approximate surface area is 143 Å². The van der Waals surface area contributed by atoms with Gasteiger partial charge in [-0.05, 0) is 25.3 Å². The molecule has 1 amide bonds. The molecule has 5 nitrogen and oxygen atoms in total. The SMILES string of the molecule is COCC(C)NC(=O)c1cc(OC)c(SSC)c2ncccc12. The number of fused-ring (bicyclic) bond motifs is 1. The van der Waals surface area contributed by atoms with Gasteiger partial charge in [-0.1, -0.05) is 27.7 Å². The molecule has 0 aliphatic rings. The fourth-order valence-corrected chi connectivity index (χ4v) is 3.91. The lowest BCUT2D eigenvalue weighted by Crippen LogP contribution is -2.35. The maximum absolute atomic E-state index is 12.6. The molecular formula is C16H20N2O3S2. The van der Waals surface area contributed by atoms with E-state index in [4.69, 9.17) is 9.47 Å². The summed E-state index contributed by atoms with van der Waals surface area (Å²) < 4.78 is 10.5. The molecule has 0 aliphatic carbocycles. The van der Waals surface area contributed by atoms with E-state index in [1.54, 1.807) is 48.1 Å². The van der Waals surface area contributed by atoms with Crippen LogP contribution in [0.2, 0.25) is 0 Å². The van der Waals surface area contributed by atoms with Crippen molar-refractivity contribution in [3.8, 4) is 5.75 Å². The Hall–Kier alpha value is -1.44. The van der Waals surface area contributed by atoms with Crippen LogP contribution >= 0.6 is 21.6 Å². The number of aromatic nitrogens is 1. The third kappa shape index (κ3) is 4.10. The summed E-state index contributed by atoms with van der Waals surface area (Å²) in [5, 5.41) is 3.74. The molecule has 0 saturated carbocycles. The van der Waals surface area contributed by atoms with Gasteiger partial charge in [-0.2, -0.15) is 0 Å². The Morgan fingerprint density at radius 1 is 1.43 bits per heavy atom. The van der Waals surface area contributed by atoms with Gasteiger partial charge in [0.25, 0.3) is 5.91 Å². The molecule has 2 aromatic rings. The molecule has 1 N–H and O–H groups in total. The van der Waals surface area contributed by atoms with Crippen LogP contribution in [0.15, 0.2) is 29.3 Å². The number of nitrogens with zero attached hydrogens (tertiary/aromatic N) is 1. The van der Waals surface area contributed by atoms with Crippen molar-refractivity contribution in [3.05, 3.63) is 30.0 Å². The Bertz CT molecular complexity index is 694. The third-order valence-corrected chi connectivity index (χ3v) is 4.97. The summed E-state index contributed by atoms with van der Waals surface area (Å²) >= 11 is 0. The minimum absolute atomic E-state index is 0.0783. The summed E-state index contributed by atoms with van der Waals surface area (Å²) in [6.07, 6.45) is 3.72. The molecule has 1 aromatic heterocycles. The Morgan fingerprint density at radius 3 is 2.87 bits per heavy atom. The second-order valence-electron chi connectivity index (χ2n) is 4.93. The van der Waals surface area contributed by atoms with Gasteiger partial charge in [-0.25, -0.2) is 0 Å². The van der Waals surface area contributed by atoms with Gasteiger partial charge in [0, 0.05) is 24.7 Å². The van der Waals surface area contributed by atoms with Crippen LogP contribution in [0, 0.1) is 0 Å². The standard InChI is InChI=1S/C16H20N2O3S2/c1-10(9-20-2)18-16(19)12-8-13(21-3)15(23-22-4)14-11(12)6-5-7-17-14/h5-8,10H,9H2,1-4H3,(H,18,19). The van der Waals surface area contributed by atoms with Crippen LogP contribution in [-0.2, 0) is 4.74 Å². The third-order valence-electron chi connectivity index (χ3n) is 3.24. The number of methoxy groups -OCH3 is 2. The molecule has 1 atom stereocenters. The second-order valence-corrected chi connectivity index (χ2v) is 7.34. The van der Waals surface area contributed by atoms with Crippen LogP contribution in [0.4, 0.5) is 0 Å². The first-order chi connectivity index (χ1) is 11.1. The maximum Gasteiger partial charge on any atom is 0.252 e. The largest absolute Gasteiger partial charge is 0.495 e. The molecule has 0 saturated heterocycles. The first-order valence-electron chi connectivity index (χ1n) is 7.08. The minimum atomic E-state index is -0.161. The molecular weight excluding hydrogens is 332 g/mol. The maximum atomic E-state index is 12.6. The van der Waals surface area contributed by atoms with E-state index in [-0.39, 0.29) is 11.9 Å². The normalized spacial score (nSPS) is 12.2. The zero-order chi connectivity index (χ0) is 16.8. The van der Waals surface area contributed by atoms with Crippen molar-refractivity contribution in [3.63, 3.8) is 0 Å². The zero-order valence-electron chi connectivity index (χ0n) is 13.6. The van der Waals surface area contributed by atoms with E-state index in [9.17, 15) is 4.79 Å². The van der Waals surface area contributed by atoms with E-state index in [2.05, 4.69) is 10.3 Å². The van der Waals surface area contributed by atoms with Crippen LogP contribution in [-0.4, -0.2) is 44.0 Å². The monoisotopic (exact) mass is 352 g/mol. The van der Waals surface area contributed by atoms with Gasteiger partial charge in [-0.15, -0.1) is 0 Å². The average Bonchev–Trinajstić information content (AvgIpc) is 2.55. The van der Waals surface area contributed by atoms with Gasteiger partial charge in [0.15, 0.2) is 0 Å². The Morgan fingerprint density at radius 2 is 2.22 bits per heavy atom. The van der Waals surface area contributed by atoms with Crippen molar-refractivity contribution in [2.75, 3.05) is 27.1 Å². The van der Waals surface area contributed by atoms with Crippen molar-refractivity contribution < 1.29 is 14.3 Å². The number of rotatable bonds is 7. The van der Waals surface area contributed by atoms with Crippen LogP contribution in [0.25, 0.3) is 10.9 Å². The van der Waals surface area contributed by atoms with E-state index in [1.807, 2.05) is 25.3 Å². The molecule has 23 heavy (non-hydrogen) atoms. The summed E-state index contributed by atoms with van der Waals surface area (Å²) in [5.41, 5.74) is 1.33. The highest BCUT2D eigenvalue weighted by atomic mass is 33.1. The molecule has 1 heterocycles. The highest BCUT2D eigenvalue weighted by Gasteiger charge is 2.19. The summed E-state index contributed by atoms with van der Waals surface area (Å²) in [6.45, 7) is 2.36. The number of ether oxygens (including phenoxy) is 2. The second kappa shape index (κ2) is 8.42. The number of amides is 1. The topological polar surface area (TPSA) is 60.5 Å². The van der Waals surface area contributed by atoms with Gasteiger partial charge in [-0.3, -0.25) is 9.78 Å². The summed E-state index contributed by atoms with van der Waals surface area (Å²) in [6, 6.07) is 5.43. The lowest BCUT2D eigenvalue weighted by molar-refractivity contribution is 0.0907. The van der Waals surface area contributed by atoms with Crippen molar-refractivity contribution in [1.29, 1.82) is 0 Å². The fourth-order valence-electron chi connectivity index (χ4n) is 2.29. The van der Waals surface area contributed by atoms with Crippen molar-refractivity contribution >= 4 is 38.4 Å². The van der Waals surface area contributed by atoms with Crippen LogP contribution in [0.3, 0.4) is 0 Å². The number of pyridine rings is 1. The smallest absolute Gasteiger partial charge is 0.252 e. The number of carbonyl (C=O) groups excluding carboxylic acids is 1. The molecule has 0 spiro atoms. The quantitative estimate of drug-likeness (QED) is 0.771. The number of hydrogen-bond donors (Lipinski definition) is 1. The van der Waals surface area contributed by atoms with Crippen molar-refractivity contribution in [1.82, 2.24) is 10.3 Å². The molecule has 1 unspecified atom stereocenters. The predicted molar refractivity (Wildman–Crippen MR) is 96.5 cm³/mol. The van der Waals surface area contributed by atoms with Gasteiger partial charge in [0.1, 0.15) is 5.75 Å². The first-order valence-corrected chi connectivity index (χ1v) is 9.64. The average molecular weight is 352 g/mol. The number of carbonyl (C=O) groups is 1. The number of nitrogens with one attached hydrogen (secondary N) is 1. The van der Waals surface area contributed by atoms with E-state index in [0.29, 0.717) is 17.9 Å². The molecule has 2 rings (SSSR count). The van der Waals surface area contributed by atoms with Gasteiger partial charge in [0.05, 0.1) is 29.7 Å². The number of benzene rings is 1. The van der Waals surface area contributed by atoms with E-state index in [0.717, 1.165) is 15.8 Å². The lowest BCUT2D eigenvalue weighted by Gasteiger charge is -2.16. The van der Waals surface area contributed by atoms with Crippen molar-refractivity contribution in [2.24, 2.45) is 0 Å². The molecule has 0 aliphatic heterocycles. The minimum Gasteiger partial charge on any atom is -0.495 e. The first kappa shape index (κ1) is 17.9. The zero-order valence-corrected chi connectivity index (χ0v) is 15.2. The summed E-state index contributed by atoms with van der Waals surface area (Å²) in [5.74, 6) is 0.492. The van der Waals surface area contributed by atoms with E-state index in [1.165, 1.54) is 0 Å². The molecule has 0 radical (unpaired) electrons. The van der Waals surface area contributed by atoms with Gasteiger partial charge in [0.2, 0.25) is 0 Å². The predicted octanol–water partition coefficient (Wildman–Crippen LogP) is 3.38. The van der Waals surface area contributed by atoms with Gasteiger partial charge < -0.3 is 14.8 Å². The highest BCUT2D eigenvalue weighted by molar-refractivity contribution is 8.76. The van der Waals surface area contributed by atoms with Crippen LogP contribution < -0.4 is 10.1 Å². The Kier molecular flexibility index (Phi) is 6.56. The fraction of sp³-hybridized carbons (Fsp3) is 0.375. The molecule has 7 heteroatoms. The number of hydrogen-bond acceptors (Lipinski definition) is 6. The Balaban J connectivity index is 2.51. The van der Waals surface area contributed by atoms with E-state index >= 15 is 0 Å². The van der Waals surface area contributed by atoms with Gasteiger partial charge >= 0.3 is 0 Å². The highest BCUT2D eigenvalue weighted by Crippen LogP contribution is 2.41. The van der Waals surface area contributed by atoms with Crippen LogP contribution in [0.5, 0.6) is 5.75 Å². The summed E-state index contributed by atoms with van der Waals surface area (Å²) in [4.78, 5) is 18.0. The summed E-state index contributed by atoms with van der Waals surface area (Å²) in [7, 11) is 6.40.